The molecule has 3 rings (SSSR count). The number of aromatic nitrogens is 4. The van der Waals surface area contributed by atoms with Crippen molar-refractivity contribution in [3.63, 3.8) is 0 Å². The maximum absolute atomic E-state index is 9.97. The number of phenolic OH excluding ortho intramolecular Hbond substituents is 1. The molecular formula is C15H17N5O. The van der Waals surface area contributed by atoms with Crippen molar-refractivity contribution in [2.75, 3.05) is 11.4 Å². The highest BCUT2D eigenvalue weighted by Crippen LogP contribution is 2.25. The number of nitrogens with zero attached hydrogens (tertiary/aromatic N) is 4. The fourth-order valence-corrected chi connectivity index (χ4v) is 2.38. The van der Waals surface area contributed by atoms with Crippen molar-refractivity contribution >= 4 is 16.9 Å². The van der Waals surface area contributed by atoms with E-state index in [1.165, 1.54) is 6.33 Å². The highest BCUT2D eigenvalue weighted by molar-refractivity contribution is 5.86. The molecule has 6 nitrogen and oxygen atoms in total. The Bertz CT molecular complexity index is 740. The first kappa shape index (κ1) is 13.4. The van der Waals surface area contributed by atoms with Gasteiger partial charge in [-0.2, -0.15) is 5.10 Å². The molecule has 0 radical (unpaired) electrons. The van der Waals surface area contributed by atoms with Crippen LogP contribution in [0.4, 0.5) is 5.82 Å². The largest absolute Gasteiger partial charge is 0.508 e. The fourth-order valence-electron chi connectivity index (χ4n) is 2.38. The first-order valence-electron chi connectivity index (χ1n) is 6.95. The van der Waals surface area contributed by atoms with Gasteiger partial charge in [-0.15, -0.1) is 0 Å². The van der Waals surface area contributed by atoms with Gasteiger partial charge in [0.05, 0.1) is 11.6 Å². The zero-order valence-corrected chi connectivity index (χ0v) is 11.8. The van der Waals surface area contributed by atoms with Gasteiger partial charge in [-0.1, -0.05) is 25.1 Å². The molecule has 0 spiro atoms. The monoisotopic (exact) mass is 283 g/mol. The highest BCUT2D eigenvalue weighted by atomic mass is 16.3. The molecule has 0 atom stereocenters. The molecule has 0 unspecified atom stereocenters. The molecule has 21 heavy (non-hydrogen) atoms. The number of hydrogen-bond donors (Lipinski definition) is 2. The molecule has 2 aromatic heterocycles. The van der Waals surface area contributed by atoms with E-state index >= 15 is 0 Å². The van der Waals surface area contributed by atoms with Gasteiger partial charge >= 0.3 is 0 Å². The highest BCUT2D eigenvalue weighted by Gasteiger charge is 2.14. The maximum atomic E-state index is 9.97. The number of phenols is 1. The Labute approximate surface area is 122 Å². The van der Waals surface area contributed by atoms with Crippen LogP contribution in [0, 0.1) is 0 Å². The molecule has 0 aliphatic rings. The van der Waals surface area contributed by atoms with E-state index in [1.807, 2.05) is 18.2 Å². The van der Waals surface area contributed by atoms with E-state index in [2.05, 4.69) is 32.0 Å². The predicted octanol–water partition coefficient (Wildman–Crippen LogP) is 2.48. The fraction of sp³-hybridized carbons (Fsp3) is 0.267. The van der Waals surface area contributed by atoms with Crippen LogP contribution in [0.5, 0.6) is 5.75 Å². The minimum absolute atomic E-state index is 0.302. The van der Waals surface area contributed by atoms with Gasteiger partial charge in [0.2, 0.25) is 0 Å². The lowest BCUT2D eigenvalue weighted by Gasteiger charge is -2.24. The molecule has 0 fully saturated rings. The maximum Gasteiger partial charge on any atom is 0.160 e. The average molecular weight is 283 g/mol. The smallest absolute Gasteiger partial charge is 0.160 e. The van der Waals surface area contributed by atoms with Crippen LogP contribution in [0.25, 0.3) is 11.0 Å². The lowest BCUT2D eigenvalue weighted by molar-refractivity contribution is 0.467. The molecule has 0 aliphatic carbocycles. The Morgan fingerprint density at radius 2 is 2.10 bits per heavy atom. The van der Waals surface area contributed by atoms with E-state index in [0.29, 0.717) is 12.3 Å². The predicted molar refractivity (Wildman–Crippen MR) is 81.1 cm³/mol. The minimum atomic E-state index is 0.302. The lowest BCUT2D eigenvalue weighted by atomic mass is 10.2. The summed E-state index contributed by atoms with van der Waals surface area (Å²) in [4.78, 5) is 10.7. The van der Waals surface area contributed by atoms with Gasteiger partial charge in [0.15, 0.2) is 5.65 Å². The SMILES string of the molecule is CCCN(Cc1ccccc1O)c1ncnc2[nH]ncc12. The van der Waals surface area contributed by atoms with Crippen molar-refractivity contribution in [2.45, 2.75) is 19.9 Å². The van der Waals surface area contributed by atoms with Gasteiger partial charge in [0.1, 0.15) is 17.9 Å². The van der Waals surface area contributed by atoms with Crippen molar-refractivity contribution in [1.29, 1.82) is 0 Å². The van der Waals surface area contributed by atoms with Gasteiger partial charge in [-0.25, -0.2) is 9.97 Å². The summed E-state index contributed by atoms with van der Waals surface area (Å²) < 4.78 is 0. The molecule has 1 aromatic carbocycles. The average Bonchev–Trinajstić information content (AvgIpc) is 2.97. The number of benzene rings is 1. The number of fused-ring (bicyclic) bond motifs is 1. The molecule has 6 heteroatoms. The summed E-state index contributed by atoms with van der Waals surface area (Å²) in [6, 6.07) is 7.37. The molecule has 0 aliphatic heterocycles. The van der Waals surface area contributed by atoms with Crippen LogP contribution < -0.4 is 4.90 Å². The van der Waals surface area contributed by atoms with Crippen LogP contribution in [-0.2, 0) is 6.54 Å². The zero-order valence-electron chi connectivity index (χ0n) is 11.8. The Morgan fingerprint density at radius 3 is 2.90 bits per heavy atom. The van der Waals surface area contributed by atoms with Gasteiger partial charge in [-0.3, -0.25) is 5.10 Å². The summed E-state index contributed by atoms with van der Waals surface area (Å²) in [5.74, 6) is 1.13. The quantitative estimate of drug-likeness (QED) is 0.752. The number of anilines is 1. The summed E-state index contributed by atoms with van der Waals surface area (Å²) in [6.07, 6.45) is 4.25. The molecule has 0 amide bonds. The van der Waals surface area contributed by atoms with Gasteiger partial charge in [0, 0.05) is 18.7 Å². The van der Waals surface area contributed by atoms with Crippen LogP contribution in [-0.4, -0.2) is 31.8 Å². The first-order valence-corrected chi connectivity index (χ1v) is 6.95. The Hall–Kier alpha value is -2.63. The second-order valence-electron chi connectivity index (χ2n) is 4.88. The van der Waals surface area contributed by atoms with E-state index in [4.69, 9.17) is 0 Å². The molecule has 0 bridgehead atoms. The third-order valence-electron chi connectivity index (χ3n) is 3.37. The number of H-pyrrole nitrogens is 1. The molecule has 2 N–H and O–H groups in total. The van der Waals surface area contributed by atoms with Crippen LogP contribution in [0.1, 0.15) is 18.9 Å². The summed E-state index contributed by atoms with van der Waals surface area (Å²) in [5, 5.41) is 17.7. The van der Waals surface area contributed by atoms with E-state index in [0.717, 1.165) is 35.4 Å². The van der Waals surface area contributed by atoms with Crippen LogP contribution in [0.3, 0.4) is 0 Å². The van der Waals surface area contributed by atoms with Crippen LogP contribution in [0.2, 0.25) is 0 Å². The Morgan fingerprint density at radius 1 is 1.24 bits per heavy atom. The van der Waals surface area contributed by atoms with Gasteiger partial charge in [-0.05, 0) is 12.5 Å². The normalized spacial score (nSPS) is 10.9. The van der Waals surface area contributed by atoms with Crippen molar-refractivity contribution in [3.8, 4) is 5.75 Å². The molecule has 0 saturated carbocycles. The summed E-state index contributed by atoms with van der Waals surface area (Å²) in [5.41, 5.74) is 1.60. The summed E-state index contributed by atoms with van der Waals surface area (Å²) in [7, 11) is 0. The zero-order chi connectivity index (χ0) is 14.7. The van der Waals surface area contributed by atoms with E-state index in [9.17, 15) is 5.11 Å². The molecule has 108 valence electrons. The minimum Gasteiger partial charge on any atom is -0.508 e. The van der Waals surface area contributed by atoms with Crippen LogP contribution >= 0.6 is 0 Å². The van der Waals surface area contributed by atoms with Gasteiger partial charge in [0.25, 0.3) is 0 Å². The van der Waals surface area contributed by atoms with E-state index in [1.54, 1.807) is 12.3 Å². The van der Waals surface area contributed by atoms with E-state index < -0.39 is 0 Å². The van der Waals surface area contributed by atoms with Crippen LogP contribution in [0.15, 0.2) is 36.8 Å². The molecule has 0 saturated heterocycles. The summed E-state index contributed by atoms with van der Waals surface area (Å²) >= 11 is 0. The van der Waals surface area contributed by atoms with E-state index in [-0.39, 0.29) is 0 Å². The van der Waals surface area contributed by atoms with Crippen molar-refractivity contribution in [3.05, 3.63) is 42.4 Å². The standard InChI is InChI=1S/C15H17N5O/c1-2-7-20(9-11-5-3-4-6-13(11)21)15-12-8-18-19-14(12)16-10-17-15/h3-6,8,10,21H,2,7,9H2,1H3,(H,16,17,18,19). The number of aromatic hydroxyl groups is 1. The van der Waals surface area contributed by atoms with Crippen molar-refractivity contribution in [1.82, 2.24) is 20.2 Å². The third kappa shape index (κ3) is 2.65. The molecule has 3 aromatic rings. The number of hydrogen-bond acceptors (Lipinski definition) is 5. The van der Waals surface area contributed by atoms with Crippen molar-refractivity contribution in [2.24, 2.45) is 0 Å². The Balaban J connectivity index is 1.98. The van der Waals surface area contributed by atoms with Crippen molar-refractivity contribution < 1.29 is 5.11 Å². The second kappa shape index (κ2) is 5.78. The number of para-hydroxylation sites is 1. The number of aromatic amines is 1. The topological polar surface area (TPSA) is 77.9 Å². The lowest BCUT2D eigenvalue weighted by Crippen LogP contribution is -2.24. The Kier molecular flexibility index (Phi) is 3.68. The van der Waals surface area contributed by atoms with Gasteiger partial charge < -0.3 is 10.0 Å². The number of nitrogens with one attached hydrogen (secondary N) is 1. The molecule has 2 heterocycles. The second-order valence-corrected chi connectivity index (χ2v) is 4.88. The molecular weight excluding hydrogens is 266 g/mol. The summed E-state index contributed by atoms with van der Waals surface area (Å²) in [6.45, 7) is 3.55. The third-order valence-corrected chi connectivity index (χ3v) is 3.37. The first-order chi connectivity index (χ1) is 10.3. The number of rotatable bonds is 5.